The highest BCUT2D eigenvalue weighted by atomic mass is 16.5. The second kappa shape index (κ2) is 9.42. The number of nitrogens with one attached hydrogen (secondary N) is 2. The van der Waals surface area contributed by atoms with Crippen LogP contribution in [0.1, 0.15) is 36.8 Å². The molecule has 2 aromatic carbocycles. The van der Waals surface area contributed by atoms with Crippen molar-refractivity contribution in [3.8, 4) is 5.75 Å². The van der Waals surface area contributed by atoms with Crippen LogP contribution in [0.25, 0.3) is 0 Å². The van der Waals surface area contributed by atoms with Crippen LogP contribution in [-0.2, 0) is 21.7 Å². The molecule has 0 radical (unpaired) electrons. The Kier molecular flexibility index (Phi) is 6.47. The van der Waals surface area contributed by atoms with Gasteiger partial charge in [-0.3, -0.25) is 4.79 Å². The zero-order valence-corrected chi connectivity index (χ0v) is 16.9. The summed E-state index contributed by atoms with van der Waals surface area (Å²) in [5.41, 5.74) is 1.92. The Morgan fingerprint density at radius 1 is 1.10 bits per heavy atom. The van der Waals surface area contributed by atoms with Crippen LogP contribution < -0.4 is 15.4 Å². The molecule has 0 aliphatic carbocycles. The number of ether oxygens (including phenoxy) is 2. The molecule has 0 spiro atoms. The van der Waals surface area contributed by atoms with Crippen LogP contribution in [0.2, 0.25) is 0 Å². The summed E-state index contributed by atoms with van der Waals surface area (Å²) in [6.45, 7) is 3.65. The quantitative estimate of drug-likeness (QED) is 0.789. The zero-order valence-electron chi connectivity index (χ0n) is 16.9. The van der Waals surface area contributed by atoms with Gasteiger partial charge < -0.3 is 20.1 Å². The lowest BCUT2D eigenvalue weighted by molar-refractivity contribution is -0.129. The van der Waals surface area contributed by atoms with Crippen molar-refractivity contribution in [2.24, 2.45) is 5.92 Å². The van der Waals surface area contributed by atoms with Gasteiger partial charge in [-0.05, 0) is 55.5 Å². The Bertz CT molecular complexity index is 780. The lowest BCUT2D eigenvalue weighted by Crippen LogP contribution is -2.53. The standard InChI is InChI=1S/C24H30N2O3/c27-23(20-7-4-14-25-17-20)26-24(12-15-28-16-13-24)21-8-10-22(11-9-21)29-18-19-5-2-1-3-6-19/h1-3,5-6,8-11,20,25H,4,7,12-18H2,(H,26,27). The molecular weight excluding hydrogens is 364 g/mol. The van der Waals surface area contributed by atoms with E-state index in [4.69, 9.17) is 9.47 Å². The average molecular weight is 395 g/mol. The Morgan fingerprint density at radius 3 is 2.55 bits per heavy atom. The normalized spacial score (nSPS) is 21.3. The summed E-state index contributed by atoms with van der Waals surface area (Å²) in [7, 11) is 0. The van der Waals surface area contributed by atoms with E-state index in [0.29, 0.717) is 19.8 Å². The third-order valence-corrected chi connectivity index (χ3v) is 6.03. The number of rotatable bonds is 6. The average Bonchev–Trinajstić information content (AvgIpc) is 2.80. The number of amides is 1. The van der Waals surface area contributed by atoms with E-state index in [1.54, 1.807) is 0 Å². The first-order valence-corrected chi connectivity index (χ1v) is 10.6. The molecule has 2 aliphatic rings. The van der Waals surface area contributed by atoms with E-state index in [-0.39, 0.29) is 17.4 Å². The molecule has 1 unspecified atom stereocenters. The maximum Gasteiger partial charge on any atom is 0.225 e. The van der Waals surface area contributed by atoms with E-state index in [2.05, 4.69) is 34.9 Å². The molecule has 154 valence electrons. The highest BCUT2D eigenvalue weighted by molar-refractivity contribution is 5.80. The molecule has 2 N–H and O–H groups in total. The van der Waals surface area contributed by atoms with Gasteiger partial charge in [0.15, 0.2) is 0 Å². The van der Waals surface area contributed by atoms with Crippen LogP contribution in [0.5, 0.6) is 5.75 Å². The predicted octanol–water partition coefficient (Wildman–Crippen LogP) is 3.39. The van der Waals surface area contributed by atoms with E-state index in [9.17, 15) is 4.79 Å². The minimum Gasteiger partial charge on any atom is -0.489 e. The molecule has 1 amide bonds. The van der Waals surface area contributed by atoms with E-state index >= 15 is 0 Å². The van der Waals surface area contributed by atoms with E-state index in [1.165, 1.54) is 0 Å². The molecule has 0 saturated carbocycles. The summed E-state index contributed by atoms with van der Waals surface area (Å²) in [5, 5.41) is 6.73. The third-order valence-electron chi connectivity index (χ3n) is 6.03. The molecule has 0 aromatic heterocycles. The highest BCUT2D eigenvalue weighted by Gasteiger charge is 2.37. The molecule has 5 nitrogen and oxygen atoms in total. The summed E-state index contributed by atoms with van der Waals surface area (Å²) in [6.07, 6.45) is 3.60. The Balaban J connectivity index is 1.45. The number of hydrogen-bond acceptors (Lipinski definition) is 4. The lowest BCUT2D eigenvalue weighted by Gasteiger charge is -2.40. The molecule has 29 heavy (non-hydrogen) atoms. The maximum atomic E-state index is 13.0. The van der Waals surface area contributed by atoms with E-state index in [1.807, 2.05) is 30.3 Å². The maximum absolute atomic E-state index is 13.0. The summed E-state index contributed by atoms with van der Waals surface area (Å²) in [4.78, 5) is 13.0. The van der Waals surface area contributed by atoms with Gasteiger partial charge in [-0.15, -0.1) is 0 Å². The van der Waals surface area contributed by atoms with Gasteiger partial charge in [-0.25, -0.2) is 0 Å². The van der Waals surface area contributed by atoms with Gasteiger partial charge >= 0.3 is 0 Å². The third kappa shape index (κ3) is 4.98. The highest BCUT2D eigenvalue weighted by Crippen LogP contribution is 2.34. The molecule has 1 atom stereocenters. The van der Waals surface area contributed by atoms with E-state index in [0.717, 1.165) is 55.6 Å². The molecule has 2 saturated heterocycles. The molecule has 2 aliphatic heterocycles. The molecule has 2 fully saturated rings. The minimum absolute atomic E-state index is 0.0527. The Morgan fingerprint density at radius 2 is 1.86 bits per heavy atom. The molecule has 2 aromatic rings. The van der Waals surface area contributed by atoms with Crippen LogP contribution in [-0.4, -0.2) is 32.2 Å². The molecule has 5 heteroatoms. The van der Waals surface area contributed by atoms with Crippen LogP contribution in [0, 0.1) is 5.92 Å². The smallest absolute Gasteiger partial charge is 0.225 e. The molecule has 4 rings (SSSR count). The largest absolute Gasteiger partial charge is 0.489 e. The summed E-state index contributed by atoms with van der Waals surface area (Å²) >= 11 is 0. The van der Waals surface area contributed by atoms with Crippen LogP contribution in [0.15, 0.2) is 54.6 Å². The van der Waals surface area contributed by atoms with Crippen LogP contribution >= 0.6 is 0 Å². The fraction of sp³-hybridized carbons (Fsp3) is 0.458. The Hall–Kier alpha value is -2.37. The molecular formula is C24H30N2O3. The van der Waals surface area contributed by atoms with Gasteiger partial charge in [0.1, 0.15) is 12.4 Å². The number of carbonyl (C=O) groups is 1. The fourth-order valence-electron chi connectivity index (χ4n) is 4.23. The summed E-state index contributed by atoms with van der Waals surface area (Å²) < 4.78 is 11.5. The first-order valence-electron chi connectivity index (χ1n) is 10.6. The number of carbonyl (C=O) groups excluding carboxylic acids is 1. The van der Waals surface area contributed by atoms with Gasteiger partial charge in [-0.1, -0.05) is 42.5 Å². The van der Waals surface area contributed by atoms with Crippen molar-refractivity contribution in [1.82, 2.24) is 10.6 Å². The van der Waals surface area contributed by atoms with Gasteiger partial charge in [0, 0.05) is 19.8 Å². The first-order chi connectivity index (χ1) is 14.3. The minimum atomic E-state index is -0.356. The lowest BCUT2D eigenvalue weighted by atomic mass is 9.81. The van der Waals surface area contributed by atoms with Crippen LogP contribution in [0.4, 0.5) is 0 Å². The zero-order chi connectivity index (χ0) is 19.9. The van der Waals surface area contributed by atoms with Crippen molar-refractivity contribution in [3.05, 3.63) is 65.7 Å². The number of hydrogen-bond donors (Lipinski definition) is 2. The summed E-state index contributed by atoms with van der Waals surface area (Å²) in [5.74, 6) is 1.04. The monoisotopic (exact) mass is 394 g/mol. The van der Waals surface area contributed by atoms with Gasteiger partial charge in [0.25, 0.3) is 0 Å². The molecule has 0 bridgehead atoms. The number of benzene rings is 2. The first kappa shape index (κ1) is 19.9. The Labute approximate surface area is 172 Å². The predicted molar refractivity (Wildman–Crippen MR) is 113 cm³/mol. The molecule has 2 heterocycles. The van der Waals surface area contributed by atoms with Crippen molar-refractivity contribution in [1.29, 1.82) is 0 Å². The van der Waals surface area contributed by atoms with Gasteiger partial charge in [-0.2, -0.15) is 0 Å². The fourth-order valence-corrected chi connectivity index (χ4v) is 4.23. The van der Waals surface area contributed by atoms with E-state index < -0.39 is 0 Å². The van der Waals surface area contributed by atoms with Crippen molar-refractivity contribution >= 4 is 5.91 Å². The second-order valence-electron chi connectivity index (χ2n) is 8.03. The number of piperidine rings is 1. The van der Waals surface area contributed by atoms with Gasteiger partial charge in [0.2, 0.25) is 5.91 Å². The SMILES string of the molecule is O=C(NC1(c2ccc(OCc3ccccc3)cc2)CCOCC1)C1CCCNC1. The van der Waals surface area contributed by atoms with Crippen LogP contribution in [0.3, 0.4) is 0 Å². The second-order valence-corrected chi connectivity index (χ2v) is 8.03. The van der Waals surface area contributed by atoms with Crippen molar-refractivity contribution in [3.63, 3.8) is 0 Å². The summed E-state index contributed by atoms with van der Waals surface area (Å²) in [6, 6.07) is 18.3. The van der Waals surface area contributed by atoms with Crippen molar-refractivity contribution in [2.45, 2.75) is 37.8 Å². The topological polar surface area (TPSA) is 59.6 Å². The van der Waals surface area contributed by atoms with Crippen molar-refractivity contribution in [2.75, 3.05) is 26.3 Å². The van der Waals surface area contributed by atoms with Crippen molar-refractivity contribution < 1.29 is 14.3 Å². The van der Waals surface area contributed by atoms with Gasteiger partial charge in [0.05, 0.1) is 11.5 Å².